The highest BCUT2D eigenvalue weighted by molar-refractivity contribution is 9.10. The number of hydrogen-bond donors (Lipinski definition) is 1. The predicted octanol–water partition coefficient (Wildman–Crippen LogP) is 3.82. The van der Waals surface area contributed by atoms with E-state index >= 15 is 0 Å². The van der Waals surface area contributed by atoms with Crippen molar-refractivity contribution in [3.05, 3.63) is 34.3 Å². The van der Waals surface area contributed by atoms with Crippen LogP contribution < -0.4 is 0 Å². The van der Waals surface area contributed by atoms with Gasteiger partial charge in [-0.2, -0.15) is 0 Å². The normalized spacial score (nSPS) is 12.3. The molecule has 3 nitrogen and oxygen atoms in total. The zero-order valence-electron chi connectivity index (χ0n) is 10.6. The van der Waals surface area contributed by atoms with Crippen LogP contribution in [0.2, 0.25) is 0 Å². The number of carbonyl (C=O) groups is 1. The minimum absolute atomic E-state index is 0.490. The quantitative estimate of drug-likeness (QED) is 0.742. The summed E-state index contributed by atoms with van der Waals surface area (Å²) in [5, 5.41) is 9.25. The van der Waals surface area contributed by atoms with Gasteiger partial charge in [0.2, 0.25) is 0 Å². The number of ether oxygens (including phenoxy) is 1. The highest BCUT2D eigenvalue weighted by Gasteiger charge is 2.19. The molecule has 100 valence electrons. The molecule has 0 spiro atoms. The summed E-state index contributed by atoms with van der Waals surface area (Å²) in [4.78, 5) is 11.3. The molecular formula is C14H19BrO3. The van der Waals surface area contributed by atoms with Crippen molar-refractivity contribution in [1.29, 1.82) is 0 Å². The first-order chi connectivity index (χ1) is 8.65. The Kier molecular flexibility index (Phi) is 6.98. The molecule has 0 fully saturated rings. The molecule has 1 atom stereocenters. The van der Waals surface area contributed by atoms with E-state index in [9.17, 15) is 9.90 Å². The van der Waals surface area contributed by atoms with Gasteiger partial charge in [-0.1, -0.05) is 41.4 Å². The molecule has 0 aliphatic carbocycles. The summed E-state index contributed by atoms with van der Waals surface area (Å²) in [6, 6.07) is 7.44. The third-order valence-electron chi connectivity index (χ3n) is 2.74. The van der Waals surface area contributed by atoms with Gasteiger partial charge in [-0.15, -0.1) is 0 Å². The fraction of sp³-hybridized carbons (Fsp3) is 0.500. The number of hydrogen-bond acceptors (Lipinski definition) is 2. The Labute approximate surface area is 116 Å². The highest BCUT2D eigenvalue weighted by Crippen LogP contribution is 2.23. The molecule has 1 aromatic rings. The van der Waals surface area contributed by atoms with Gasteiger partial charge < -0.3 is 9.84 Å². The molecule has 0 radical (unpaired) electrons. The zero-order chi connectivity index (χ0) is 13.4. The van der Waals surface area contributed by atoms with E-state index in [4.69, 9.17) is 4.74 Å². The number of aliphatic carboxylic acids is 1. The van der Waals surface area contributed by atoms with E-state index in [1.165, 1.54) is 0 Å². The highest BCUT2D eigenvalue weighted by atomic mass is 79.9. The third kappa shape index (κ3) is 5.19. The average molecular weight is 315 g/mol. The molecule has 1 N–H and O–H groups in total. The van der Waals surface area contributed by atoms with Gasteiger partial charge in [0.25, 0.3) is 0 Å². The molecule has 1 unspecified atom stereocenters. The number of unbranched alkanes of at least 4 members (excludes halogenated alkanes) is 1. The van der Waals surface area contributed by atoms with Gasteiger partial charge >= 0.3 is 5.97 Å². The molecule has 0 heterocycles. The van der Waals surface area contributed by atoms with E-state index < -0.39 is 11.9 Å². The Morgan fingerprint density at radius 1 is 1.44 bits per heavy atom. The summed E-state index contributed by atoms with van der Waals surface area (Å²) in [5.41, 5.74) is 0.816. The minimum atomic E-state index is -0.799. The molecule has 0 bridgehead atoms. The number of carboxylic acid groups (broad SMARTS) is 1. The van der Waals surface area contributed by atoms with Gasteiger partial charge in [-0.25, -0.2) is 0 Å². The number of halogens is 1. The van der Waals surface area contributed by atoms with Gasteiger partial charge in [0.1, 0.15) is 0 Å². The zero-order valence-corrected chi connectivity index (χ0v) is 12.1. The Balaban J connectivity index is 2.53. The van der Waals surface area contributed by atoms with Crippen molar-refractivity contribution in [3.63, 3.8) is 0 Å². The molecule has 0 saturated heterocycles. The second-order valence-electron chi connectivity index (χ2n) is 4.20. The maximum atomic E-state index is 11.3. The van der Waals surface area contributed by atoms with Crippen molar-refractivity contribution in [1.82, 2.24) is 0 Å². The lowest BCUT2D eigenvalue weighted by Gasteiger charge is -2.13. The van der Waals surface area contributed by atoms with Crippen LogP contribution in [-0.2, 0) is 9.53 Å². The first-order valence-corrected chi connectivity index (χ1v) is 7.00. The van der Waals surface area contributed by atoms with Crippen LogP contribution in [0, 0.1) is 0 Å². The lowest BCUT2D eigenvalue weighted by atomic mass is 9.96. The summed E-state index contributed by atoms with van der Waals surface area (Å²) in [6.45, 7) is 3.30. The van der Waals surface area contributed by atoms with E-state index in [1.54, 1.807) is 0 Å². The minimum Gasteiger partial charge on any atom is -0.481 e. The summed E-state index contributed by atoms with van der Waals surface area (Å²) >= 11 is 3.36. The number of rotatable bonds is 8. The average Bonchev–Trinajstić information content (AvgIpc) is 2.33. The molecule has 1 rings (SSSR count). The molecule has 0 amide bonds. The Morgan fingerprint density at radius 2 is 2.22 bits per heavy atom. The standard InChI is InChI=1S/C14H19BrO3/c1-2-3-8-18-9-7-13(14(16)17)11-5-4-6-12(15)10-11/h4-6,10,13H,2-3,7-9H2,1H3,(H,16,17). The molecule has 1 aromatic carbocycles. The first kappa shape index (κ1) is 15.2. The third-order valence-corrected chi connectivity index (χ3v) is 3.24. The van der Waals surface area contributed by atoms with Crippen molar-refractivity contribution in [3.8, 4) is 0 Å². The van der Waals surface area contributed by atoms with E-state index in [0.29, 0.717) is 19.6 Å². The lowest BCUT2D eigenvalue weighted by Crippen LogP contribution is -2.14. The van der Waals surface area contributed by atoms with Crippen LogP contribution in [0.15, 0.2) is 28.7 Å². The summed E-state index contributed by atoms with van der Waals surface area (Å²) in [7, 11) is 0. The smallest absolute Gasteiger partial charge is 0.311 e. The Hall–Kier alpha value is -0.870. The van der Waals surface area contributed by atoms with E-state index in [1.807, 2.05) is 24.3 Å². The van der Waals surface area contributed by atoms with Crippen LogP contribution in [-0.4, -0.2) is 24.3 Å². The van der Waals surface area contributed by atoms with Crippen molar-refractivity contribution in [2.24, 2.45) is 0 Å². The van der Waals surface area contributed by atoms with Crippen LogP contribution in [0.25, 0.3) is 0 Å². The SMILES string of the molecule is CCCCOCCC(C(=O)O)c1cccc(Br)c1. The van der Waals surface area contributed by atoms with E-state index in [0.717, 1.165) is 22.9 Å². The van der Waals surface area contributed by atoms with E-state index in [-0.39, 0.29) is 0 Å². The van der Waals surface area contributed by atoms with Gasteiger partial charge in [0, 0.05) is 17.7 Å². The molecule has 18 heavy (non-hydrogen) atoms. The van der Waals surface area contributed by atoms with Crippen molar-refractivity contribution in [2.75, 3.05) is 13.2 Å². The first-order valence-electron chi connectivity index (χ1n) is 6.21. The topological polar surface area (TPSA) is 46.5 Å². The summed E-state index contributed by atoms with van der Waals surface area (Å²) in [5.74, 6) is -1.30. The van der Waals surface area contributed by atoms with Gasteiger partial charge in [0.05, 0.1) is 5.92 Å². The number of benzene rings is 1. The summed E-state index contributed by atoms with van der Waals surface area (Å²) in [6.07, 6.45) is 2.62. The predicted molar refractivity (Wildman–Crippen MR) is 74.9 cm³/mol. The second-order valence-corrected chi connectivity index (χ2v) is 5.12. The fourth-order valence-corrected chi connectivity index (χ4v) is 2.12. The number of carboxylic acids is 1. The Bertz CT molecular complexity index is 379. The van der Waals surface area contributed by atoms with Crippen LogP contribution >= 0.6 is 15.9 Å². The van der Waals surface area contributed by atoms with Crippen LogP contribution in [0.4, 0.5) is 0 Å². The van der Waals surface area contributed by atoms with Crippen LogP contribution in [0.5, 0.6) is 0 Å². The van der Waals surface area contributed by atoms with Gasteiger partial charge in [-0.3, -0.25) is 4.79 Å². The van der Waals surface area contributed by atoms with Crippen molar-refractivity contribution < 1.29 is 14.6 Å². The molecule has 0 aromatic heterocycles. The van der Waals surface area contributed by atoms with Crippen molar-refractivity contribution in [2.45, 2.75) is 32.1 Å². The van der Waals surface area contributed by atoms with E-state index in [2.05, 4.69) is 22.9 Å². The second kappa shape index (κ2) is 8.27. The molecule has 0 aliphatic rings. The monoisotopic (exact) mass is 314 g/mol. The maximum absolute atomic E-state index is 11.3. The largest absolute Gasteiger partial charge is 0.481 e. The van der Waals surface area contributed by atoms with Gasteiger partial charge in [0.15, 0.2) is 0 Å². The fourth-order valence-electron chi connectivity index (χ4n) is 1.71. The Morgan fingerprint density at radius 3 is 2.83 bits per heavy atom. The molecule has 0 saturated carbocycles. The molecule has 0 aliphatic heterocycles. The van der Waals surface area contributed by atoms with Gasteiger partial charge in [-0.05, 0) is 30.5 Å². The van der Waals surface area contributed by atoms with Crippen LogP contribution in [0.3, 0.4) is 0 Å². The van der Waals surface area contributed by atoms with Crippen molar-refractivity contribution >= 4 is 21.9 Å². The lowest BCUT2D eigenvalue weighted by molar-refractivity contribution is -0.139. The summed E-state index contributed by atoms with van der Waals surface area (Å²) < 4.78 is 6.33. The molecule has 4 heteroatoms. The molecular weight excluding hydrogens is 296 g/mol. The maximum Gasteiger partial charge on any atom is 0.311 e. The van der Waals surface area contributed by atoms with Crippen LogP contribution in [0.1, 0.15) is 37.7 Å².